The summed E-state index contributed by atoms with van der Waals surface area (Å²) in [5.74, 6) is 0.385. The van der Waals surface area contributed by atoms with Crippen LogP contribution in [0.3, 0.4) is 0 Å². The summed E-state index contributed by atoms with van der Waals surface area (Å²) in [4.78, 5) is 26.4. The standard InChI is InChI=1S/C23H18ClN3O4/c1-30-19-12-11-14(24)13-17(19)25-22(28)21-15-7-3-4-8-16(15)23(29)27(26-21)18-9-5-6-10-20(18)31-2/h3-13H,1-2H3,(H,25,28). The number of carbonyl (C=O) groups excluding carboxylic acids is 1. The van der Waals surface area contributed by atoms with Crippen molar-refractivity contribution in [3.05, 3.63) is 87.8 Å². The highest BCUT2D eigenvalue weighted by Gasteiger charge is 2.20. The van der Waals surface area contributed by atoms with Crippen LogP contribution in [0.2, 0.25) is 5.02 Å². The number of aromatic nitrogens is 2. The first kappa shape index (κ1) is 20.4. The summed E-state index contributed by atoms with van der Waals surface area (Å²) in [6, 6.07) is 18.7. The first-order chi connectivity index (χ1) is 15.0. The van der Waals surface area contributed by atoms with Gasteiger partial charge in [-0.3, -0.25) is 9.59 Å². The number of rotatable bonds is 5. The van der Waals surface area contributed by atoms with E-state index >= 15 is 0 Å². The average Bonchev–Trinajstić information content (AvgIpc) is 2.79. The van der Waals surface area contributed by atoms with Crippen LogP contribution in [0.1, 0.15) is 10.5 Å². The number of hydrogen-bond donors (Lipinski definition) is 1. The van der Waals surface area contributed by atoms with E-state index in [0.29, 0.717) is 38.7 Å². The van der Waals surface area contributed by atoms with Crippen LogP contribution < -0.4 is 20.3 Å². The van der Waals surface area contributed by atoms with Gasteiger partial charge in [-0.15, -0.1) is 0 Å². The molecule has 0 aliphatic carbocycles. The van der Waals surface area contributed by atoms with Crippen molar-refractivity contribution in [2.75, 3.05) is 19.5 Å². The smallest absolute Gasteiger partial charge is 0.279 e. The van der Waals surface area contributed by atoms with Crippen molar-refractivity contribution >= 4 is 34.0 Å². The van der Waals surface area contributed by atoms with Gasteiger partial charge in [0, 0.05) is 10.4 Å². The second-order valence-corrected chi connectivity index (χ2v) is 7.02. The SMILES string of the molecule is COc1ccc(Cl)cc1NC(=O)c1nn(-c2ccccc2OC)c(=O)c2ccccc12. The summed E-state index contributed by atoms with van der Waals surface area (Å²) < 4.78 is 11.8. The monoisotopic (exact) mass is 435 g/mol. The van der Waals surface area contributed by atoms with E-state index in [4.69, 9.17) is 21.1 Å². The van der Waals surface area contributed by atoms with Crippen LogP contribution in [-0.2, 0) is 0 Å². The van der Waals surface area contributed by atoms with E-state index in [1.807, 2.05) is 0 Å². The van der Waals surface area contributed by atoms with Crippen LogP contribution in [0.4, 0.5) is 5.69 Å². The average molecular weight is 436 g/mol. The number of halogens is 1. The molecule has 1 N–H and O–H groups in total. The van der Waals surface area contributed by atoms with Crippen LogP contribution in [0.5, 0.6) is 11.5 Å². The van der Waals surface area contributed by atoms with E-state index in [-0.39, 0.29) is 11.3 Å². The number of benzene rings is 3. The maximum Gasteiger partial charge on any atom is 0.279 e. The number of para-hydroxylation sites is 2. The highest BCUT2D eigenvalue weighted by Crippen LogP contribution is 2.29. The number of hydrogen-bond acceptors (Lipinski definition) is 5. The quantitative estimate of drug-likeness (QED) is 0.505. The molecule has 1 aromatic heterocycles. The van der Waals surface area contributed by atoms with Crippen molar-refractivity contribution in [2.45, 2.75) is 0 Å². The molecule has 4 rings (SSSR count). The molecule has 0 aliphatic heterocycles. The number of fused-ring (bicyclic) bond motifs is 1. The Morgan fingerprint density at radius 3 is 2.35 bits per heavy atom. The Balaban J connectivity index is 1.90. The zero-order chi connectivity index (χ0) is 22.0. The topological polar surface area (TPSA) is 82.4 Å². The van der Waals surface area contributed by atoms with Gasteiger partial charge in [0.2, 0.25) is 0 Å². The molecule has 8 heteroatoms. The van der Waals surface area contributed by atoms with Crippen LogP contribution in [0.15, 0.2) is 71.5 Å². The number of anilines is 1. The van der Waals surface area contributed by atoms with Crippen LogP contribution in [-0.4, -0.2) is 29.9 Å². The largest absolute Gasteiger partial charge is 0.495 e. The number of amides is 1. The maximum absolute atomic E-state index is 13.2. The van der Waals surface area contributed by atoms with Crippen molar-refractivity contribution in [3.63, 3.8) is 0 Å². The Morgan fingerprint density at radius 2 is 1.61 bits per heavy atom. The van der Waals surface area contributed by atoms with E-state index in [1.54, 1.807) is 66.7 Å². The van der Waals surface area contributed by atoms with Crippen molar-refractivity contribution in [3.8, 4) is 17.2 Å². The molecule has 0 saturated carbocycles. The molecule has 0 saturated heterocycles. The van der Waals surface area contributed by atoms with E-state index in [1.165, 1.54) is 18.9 Å². The van der Waals surface area contributed by atoms with Gasteiger partial charge in [-0.25, -0.2) is 0 Å². The van der Waals surface area contributed by atoms with Gasteiger partial charge in [-0.2, -0.15) is 9.78 Å². The Hall–Kier alpha value is -3.84. The van der Waals surface area contributed by atoms with Crippen LogP contribution in [0, 0.1) is 0 Å². The first-order valence-electron chi connectivity index (χ1n) is 9.34. The number of carbonyl (C=O) groups is 1. The summed E-state index contributed by atoms with van der Waals surface area (Å²) in [5.41, 5.74) is 0.524. The molecule has 0 unspecified atom stereocenters. The second kappa shape index (κ2) is 8.49. The lowest BCUT2D eigenvalue weighted by Crippen LogP contribution is -2.27. The van der Waals surface area contributed by atoms with Gasteiger partial charge in [-0.1, -0.05) is 41.9 Å². The second-order valence-electron chi connectivity index (χ2n) is 6.58. The molecule has 0 spiro atoms. The summed E-state index contributed by atoms with van der Waals surface area (Å²) >= 11 is 6.08. The Kier molecular flexibility index (Phi) is 5.60. The van der Waals surface area contributed by atoms with Gasteiger partial charge in [0.25, 0.3) is 11.5 Å². The molecular formula is C23H18ClN3O4. The maximum atomic E-state index is 13.2. The van der Waals surface area contributed by atoms with Crippen molar-refractivity contribution in [1.82, 2.24) is 9.78 Å². The molecule has 3 aromatic carbocycles. The van der Waals surface area contributed by atoms with Crippen molar-refractivity contribution in [2.24, 2.45) is 0 Å². The predicted octanol–water partition coefficient (Wildman–Crippen LogP) is 4.31. The molecule has 0 aliphatic rings. The Morgan fingerprint density at radius 1 is 0.935 bits per heavy atom. The summed E-state index contributed by atoms with van der Waals surface area (Å²) in [5, 5.41) is 8.39. The minimum atomic E-state index is -0.514. The lowest BCUT2D eigenvalue weighted by atomic mass is 10.1. The third kappa shape index (κ3) is 3.83. The fourth-order valence-electron chi connectivity index (χ4n) is 3.28. The summed E-state index contributed by atoms with van der Waals surface area (Å²) in [6.45, 7) is 0. The fraction of sp³-hybridized carbons (Fsp3) is 0.0870. The minimum absolute atomic E-state index is 0.0723. The van der Waals surface area contributed by atoms with Crippen LogP contribution in [0.25, 0.3) is 16.5 Å². The highest BCUT2D eigenvalue weighted by atomic mass is 35.5. The van der Waals surface area contributed by atoms with Crippen LogP contribution >= 0.6 is 11.6 Å². The normalized spacial score (nSPS) is 10.7. The number of nitrogens with one attached hydrogen (secondary N) is 1. The number of nitrogens with zero attached hydrogens (tertiary/aromatic N) is 2. The molecule has 0 fully saturated rings. The lowest BCUT2D eigenvalue weighted by molar-refractivity contribution is 0.102. The van der Waals surface area contributed by atoms with Gasteiger partial charge in [0.05, 0.1) is 25.3 Å². The predicted molar refractivity (Wildman–Crippen MR) is 120 cm³/mol. The molecule has 1 heterocycles. The highest BCUT2D eigenvalue weighted by molar-refractivity contribution is 6.31. The number of methoxy groups -OCH3 is 2. The van der Waals surface area contributed by atoms with Crippen molar-refractivity contribution in [1.29, 1.82) is 0 Å². The van der Waals surface area contributed by atoms with Gasteiger partial charge in [-0.05, 0) is 36.4 Å². The molecule has 0 radical (unpaired) electrons. The van der Waals surface area contributed by atoms with E-state index in [2.05, 4.69) is 10.4 Å². The molecule has 0 bridgehead atoms. The van der Waals surface area contributed by atoms with E-state index in [9.17, 15) is 9.59 Å². The lowest BCUT2D eigenvalue weighted by Gasteiger charge is -2.14. The Labute approximate surface area is 182 Å². The third-order valence-corrected chi connectivity index (χ3v) is 4.98. The first-order valence-corrected chi connectivity index (χ1v) is 9.71. The third-order valence-electron chi connectivity index (χ3n) is 4.74. The number of ether oxygens (including phenoxy) is 2. The summed E-state index contributed by atoms with van der Waals surface area (Å²) in [6.07, 6.45) is 0. The van der Waals surface area contributed by atoms with Gasteiger partial charge in [0.1, 0.15) is 17.2 Å². The molecule has 4 aromatic rings. The molecule has 156 valence electrons. The summed E-state index contributed by atoms with van der Waals surface area (Å²) in [7, 11) is 3.00. The zero-order valence-corrected chi connectivity index (χ0v) is 17.5. The minimum Gasteiger partial charge on any atom is -0.495 e. The van der Waals surface area contributed by atoms with E-state index in [0.717, 1.165) is 0 Å². The van der Waals surface area contributed by atoms with Gasteiger partial charge in [0.15, 0.2) is 5.69 Å². The molecule has 1 amide bonds. The molecule has 31 heavy (non-hydrogen) atoms. The molecular weight excluding hydrogens is 418 g/mol. The zero-order valence-electron chi connectivity index (χ0n) is 16.8. The fourth-order valence-corrected chi connectivity index (χ4v) is 3.46. The molecule has 0 atom stereocenters. The Bertz CT molecular complexity index is 1350. The van der Waals surface area contributed by atoms with E-state index < -0.39 is 5.91 Å². The molecule has 7 nitrogen and oxygen atoms in total. The van der Waals surface area contributed by atoms with Gasteiger partial charge < -0.3 is 14.8 Å². The van der Waals surface area contributed by atoms with Crippen molar-refractivity contribution < 1.29 is 14.3 Å². The van der Waals surface area contributed by atoms with Gasteiger partial charge >= 0.3 is 0 Å².